The maximum atomic E-state index is 5.07. The van der Waals surface area contributed by atoms with Gasteiger partial charge in [-0.1, -0.05) is 0 Å². The molecule has 0 radical (unpaired) electrons. The van der Waals surface area contributed by atoms with E-state index in [1.807, 2.05) is 0 Å². The van der Waals surface area contributed by atoms with Crippen LogP contribution in [0.3, 0.4) is 0 Å². The zero-order valence-corrected chi connectivity index (χ0v) is 6.51. The van der Waals surface area contributed by atoms with Crippen molar-refractivity contribution in [3.63, 3.8) is 0 Å². The number of methoxy groups -OCH3 is 3. The van der Waals surface area contributed by atoms with Gasteiger partial charge in [-0.3, -0.25) is 5.32 Å². The lowest BCUT2D eigenvalue weighted by Gasteiger charge is -2.46. The third-order valence-electron chi connectivity index (χ3n) is 1.85. The van der Waals surface area contributed by atoms with E-state index in [1.165, 1.54) is 0 Å². The lowest BCUT2D eigenvalue weighted by molar-refractivity contribution is -0.323. The van der Waals surface area contributed by atoms with Crippen LogP contribution < -0.4 is 5.32 Å². The van der Waals surface area contributed by atoms with Crippen LogP contribution in [0.2, 0.25) is 0 Å². The number of nitrogens with one attached hydrogen (secondary N) is 1. The van der Waals surface area contributed by atoms with Crippen molar-refractivity contribution in [3.05, 3.63) is 0 Å². The largest absolute Gasteiger partial charge is 0.373 e. The molecule has 1 rings (SSSR count). The molecule has 4 nitrogen and oxygen atoms in total. The normalized spacial score (nSPS) is 29.7. The highest BCUT2D eigenvalue weighted by Gasteiger charge is 2.48. The van der Waals surface area contributed by atoms with Crippen molar-refractivity contribution in [2.45, 2.75) is 12.0 Å². The molecule has 0 aromatic rings. The second-order valence-corrected chi connectivity index (χ2v) is 2.18. The Morgan fingerprint density at radius 2 is 1.90 bits per heavy atom. The first-order valence-corrected chi connectivity index (χ1v) is 3.17. The van der Waals surface area contributed by atoms with Crippen molar-refractivity contribution in [2.75, 3.05) is 27.9 Å². The molecular weight excluding hydrogens is 134 g/mol. The summed E-state index contributed by atoms with van der Waals surface area (Å²) in [5.41, 5.74) is 0. The van der Waals surface area contributed by atoms with Crippen LogP contribution in [0, 0.1) is 0 Å². The molecule has 1 heterocycles. The monoisotopic (exact) mass is 147 g/mol. The van der Waals surface area contributed by atoms with Gasteiger partial charge in [0.25, 0.3) is 5.91 Å². The van der Waals surface area contributed by atoms with Crippen molar-refractivity contribution < 1.29 is 14.2 Å². The predicted molar refractivity (Wildman–Crippen MR) is 35.5 cm³/mol. The number of hydrogen-bond acceptors (Lipinski definition) is 4. The molecule has 1 aliphatic heterocycles. The van der Waals surface area contributed by atoms with Gasteiger partial charge in [-0.25, -0.2) is 0 Å². The average molecular weight is 147 g/mol. The number of rotatable bonds is 3. The fraction of sp³-hybridized carbons (Fsp3) is 1.00. The van der Waals surface area contributed by atoms with Crippen LogP contribution in [0.1, 0.15) is 0 Å². The quantitative estimate of drug-likeness (QED) is 0.549. The van der Waals surface area contributed by atoms with E-state index in [9.17, 15) is 0 Å². The molecule has 1 atom stereocenters. The highest BCUT2D eigenvalue weighted by molar-refractivity contribution is 4.90. The minimum atomic E-state index is -0.700. The first-order valence-electron chi connectivity index (χ1n) is 3.17. The summed E-state index contributed by atoms with van der Waals surface area (Å²) in [6.45, 7) is 0.776. The van der Waals surface area contributed by atoms with Gasteiger partial charge < -0.3 is 14.2 Å². The molecule has 60 valence electrons. The van der Waals surface area contributed by atoms with Crippen LogP contribution in [0.5, 0.6) is 0 Å². The second kappa shape index (κ2) is 2.84. The van der Waals surface area contributed by atoms with E-state index < -0.39 is 5.91 Å². The fourth-order valence-corrected chi connectivity index (χ4v) is 1.08. The van der Waals surface area contributed by atoms with Gasteiger partial charge in [-0.2, -0.15) is 0 Å². The maximum absolute atomic E-state index is 5.07. The Hall–Kier alpha value is -0.160. The molecule has 0 aromatic carbocycles. The molecule has 10 heavy (non-hydrogen) atoms. The van der Waals surface area contributed by atoms with Crippen molar-refractivity contribution in [2.24, 2.45) is 0 Å². The Morgan fingerprint density at radius 3 is 2.00 bits per heavy atom. The van der Waals surface area contributed by atoms with Crippen LogP contribution in [0.15, 0.2) is 0 Å². The lowest BCUT2D eigenvalue weighted by Crippen LogP contribution is -2.71. The summed E-state index contributed by atoms with van der Waals surface area (Å²) < 4.78 is 15.2. The minimum Gasteiger partial charge on any atom is -0.373 e. The van der Waals surface area contributed by atoms with E-state index >= 15 is 0 Å². The molecule has 0 saturated carbocycles. The molecule has 1 aliphatic rings. The summed E-state index contributed by atoms with van der Waals surface area (Å²) in [6, 6.07) is 0. The molecule has 1 saturated heterocycles. The highest BCUT2D eigenvalue weighted by atomic mass is 16.7. The summed E-state index contributed by atoms with van der Waals surface area (Å²) in [4.78, 5) is 0. The molecule has 0 spiro atoms. The summed E-state index contributed by atoms with van der Waals surface area (Å²) in [5.74, 6) is -0.700. The number of hydrogen-bond donors (Lipinski definition) is 1. The molecule has 1 unspecified atom stereocenters. The third kappa shape index (κ3) is 0.932. The van der Waals surface area contributed by atoms with E-state index in [0.29, 0.717) is 0 Å². The van der Waals surface area contributed by atoms with Gasteiger partial charge in [0.05, 0.1) is 0 Å². The van der Waals surface area contributed by atoms with E-state index in [1.54, 1.807) is 21.3 Å². The Kier molecular flexibility index (Phi) is 2.25. The van der Waals surface area contributed by atoms with Crippen LogP contribution in [0.4, 0.5) is 0 Å². The van der Waals surface area contributed by atoms with Crippen LogP contribution in [-0.2, 0) is 14.2 Å². The smallest absolute Gasteiger partial charge is 0.255 e. The van der Waals surface area contributed by atoms with E-state index in [-0.39, 0.29) is 6.10 Å². The number of ether oxygens (including phenoxy) is 3. The van der Waals surface area contributed by atoms with E-state index in [4.69, 9.17) is 14.2 Å². The molecule has 0 aromatic heterocycles. The first-order chi connectivity index (χ1) is 4.79. The predicted octanol–water partition coefficient (Wildman–Crippen LogP) is -0.449. The Bertz CT molecular complexity index is 106. The summed E-state index contributed by atoms with van der Waals surface area (Å²) in [7, 11) is 4.81. The molecule has 0 aliphatic carbocycles. The summed E-state index contributed by atoms with van der Waals surface area (Å²) in [6.07, 6.45) is 0.00231. The van der Waals surface area contributed by atoms with Gasteiger partial charge in [-0.15, -0.1) is 0 Å². The SMILES string of the molecule is COC1CNC1(OC)OC. The molecular formula is C6H13NO3. The van der Waals surface area contributed by atoms with E-state index in [0.717, 1.165) is 6.54 Å². The van der Waals surface area contributed by atoms with Gasteiger partial charge in [0.2, 0.25) is 0 Å². The van der Waals surface area contributed by atoms with Crippen LogP contribution in [-0.4, -0.2) is 39.9 Å². The molecule has 4 heteroatoms. The summed E-state index contributed by atoms with van der Waals surface area (Å²) >= 11 is 0. The minimum absolute atomic E-state index is 0.00231. The van der Waals surface area contributed by atoms with Gasteiger partial charge >= 0.3 is 0 Å². The second-order valence-electron chi connectivity index (χ2n) is 2.18. The zero-order valence-electron chi connectivity index (χ0n) is 6.51. The van der Waals surface area contributed by atoms with E-state index in [2.05, 4.69) is 5.32 Å². The van der Waals surface area contributed by atoms with Crippen molar-refractivity contribution in [3.8, 4) is 0 Å². The third-order valence-corrected chi connectivity index (χ3v) is 1.85. The standard InChI is InChI=1S/C6H13NO3/c1-8-5-4-7-6(5,9-2)10-3/h5,7H,4H2,1-3H3. The Balaban J connectivity index is 2.48. The van der Waals surface area contributed by atoms with Crippen LogP contribution in [0.25, 0.3) is 0 Å². The van der Waals surface area contributed by atoms with Crippen LogP contribution >= 0.6 is 0 Å². The summed E-state index contributed by atoms with van der Waals surface area (Å²) in [5, 5.41) is 2.99. The Morgan fingerprint density at radius 1 is 1.30 bits per heavy atom. The highest BCUT2D eigenvalue weighted by Crippen LogP contribution is 2.22. The average Bonchev–Trinajstić information content (AvgIpc) is 1.90. The van der Waals surface area contributed by atoms with Gasteiger partial charge in [0, 0.05) is 27.9 Å². The molecule has 0 bridgehead atoms. The van der Waals surface area contributed by atoms with Gasteiger partial charge in [0.1, 0.15) is 6.10 Å². The lowest BCUT2D eigenvalue weighted by atomic mass is 10.1. The van der Waals surface area contributed by atoms with Crippen molar-refractivity contribution >= 4 is 0 Å². The zero-order chi connectivity index (χ0) is 7.61. The Labute approximate surface area is 60.4 Å². The topological polar surface area (TPSA) is 39.7 Å². The van der Waals surface area contributed by atoms with Gasteiger partial charge in [-0.05, 0) is 0 Å². The molecule has 1 N–H and O–H groups in total. The molecule has 1 fully saturated rings. The first kappa shape index (κ1) is 7.94. The fourth-order valence-electron chi connectivity index (χ4n) is 1.08. The van der Waals surface area contributed by atoms with Crippen molar-refractivity contribution in [1.29, 1.82) is 0 Å². The van der Waals surface area contributed by atoms with Gasteiger partial charge in [0.15, 0.2) is 0 Å². The maximum Gasteiger partial charge on any atom is 0.255 e. The molecule has 0 amide bonds. The van der Waals surface area contributed by atoms with Crippen molar-refractivity contribution in [1.82, 2.24) is 5.32 Å².